The van der Waals surface area contributed by atoms with E-state index in [1.165, 1.54) is 6.92 Å². The summed E-state index contributed by atoms with van der Waals surface area (Å²) < 4.78 is 0. The first-order valence-corrected chi connectivity index (χ1v) is 7.05. The van der Waals surface area contributed by atoms with Crippen molar-refractivity contribution in [3.05, 3.63) is 16.1 Å². The van der Waals surface area contributed by atoms with Gasteiger partial charge in [-0.25, -0.2) is 4.98 Å². The average molecular weight is 282 g/mol. The fraction of sp³-hybridized carbons (Fsp3) is 0.583. The molecule has 1 aromatic heterocycles. The molecule has 2 N–H and O–H groups in total. The van der Waals surface area contributed by atoms with Crippen LogP contribution in [0.3, 0.4) is 0 Å². The van der Waals surface area contributed by atoms with E-state index < -0.39 is 11.9 Å². The number of nitrogens with two attached hydrogens (primary N) is 1. The minimum absolute atomic E-state index is 0.104. The fourth-order valence-corrected chi connectivity index (χ4v) is 2.92. The zero-order chi connectivity index (χ0) is 14.0. The van der Waals surface area contributed by atoms with Crippen molar-refractivity contribution >= 4 is 23.2 Å². The highest BCUT2D eigenvalue weighted by atomic mass is 32.1. The van der Waals surface area contributed by atoms with Crippen LogP contribution < -0.4 is 5.73 Å². The van der Waals surface area contributed by atoms with Gasteiger partial charge in [-0.2, -0.15) is 0 Å². The molecule has 0 saturated carbocycles. The van der Waals surface area contributed by atoms with Crippen molar-refractivity contribution in [2.24, 2.45) is 5.73 Å². The molecule has 0 bridgehead atoms. The van der Waals surface area contributed by atoms with E-state index in [2.05, 4.69) is 9.88 Å². The molecular formula is C12H18N4O2S. The number of hydrogen-bond donors (Lipinski definition) is 1. The van der Waals surface area contributed by atoms with Gasteiger partial charge in [0.1, 0.15) is 6.04 Å². The molecule has 0 unspecified atom stereocenters. The number of aromatic nitrogens is 1. The van der Waals surface area contributed by atoms with Gasteiger partial charge in [0.2, 0.25) is 11.8 Å². The molecule has 1 atom stereocenters. The second-order valence-corrected chi connectivity index (χ2v) is 5.79. The van der Waals surface area contributed by atoms with Gasteiger partial charge >= 0.3 is 0 Å². The summed E-state index contributed by atoms with van der Waals surface area (Å²) in [6, 6.07) is -0.536. The van der Waals surface area contributed by atoms with Crippen molar-refractivity contribution in [3.8, 4) is 0 Å². The van der Waals surface area contributed by atoms with E-state index in [4.69, 9.17) is 5.73 Å². The van der Waals surface area contributed by atoms with Crippen LogP contribution in [0.25, 0.3) is 0 Å². The molecule has 1 saturated heterocycles. The van der Waals surface area contributed by atoms with Crippen molar-refractivity contribution < 1.29 is 9.59 Å². The van der Waals surface area contributed by atoms with E-state index in [0.717, 1.165) is 17.2 Å². The molecule has 1 fully saturated rings. The van der Waals surface area contributed by atoms with Gasteiger partial charge in [-0.05, 0) is 6.92 Å². The Kier molecular flexibility index (Phi) is 4.16. The first-order chi connectivity index (χ1) is 8.97. The maximum atomic E-state index is 11.5. The van der Waals surface area contributed by atoms with E-state index in [0.29, 0.717) is 19.6 Å². The number of carbonyl (C=O) groups excluding carboxylic acids is 2. The Balaban J connectivity index is 2.02. The van der Waals surface area contributed by atoms with Gasteiger partial charge in [0.25, 0.3) is 0 Å². The summed E-state index contributed by atoms with van der Waals surface area (Å²) >= 11 is 1.61. The Labute approximate surface area is 116 Å². The topological polar surface area (TPSA) is 79.5 Å². The Bertz CT molecular complexity index is 488. The Morgan fingerprint density at radius 2 is 2.26 bits per heavy atom. The van der Waals surface area contributed by atoms with E-state index >= 15 is 0 Å². The lowest BCUT2D eigenvalue weighted by molar-refractivity contribution is -0.141. The largest absolute Gasteiger partial charge is 0.368 e. The van der Waals surface area contributed by atoms with Gasteiger partial charge in [0.15, 0.2) is 0 Å². The SMILES string of the molecule is CC(=O)N1CCN(Cc2csc(C)n2)C[C@H]1C(N)=O. The van der Waals surface area contributed by atoms with Gasteiger partial charge in [-0.15, -0.1) is 11.3 Å². The van der Waals surface area contributed by atoms with Crippen LogP contribution in [0.15, 0.2) is 5.38 Å². The molecule has 19 heavy (non-hydrogen) atoms. The zero-order valence-electron chi connectivity index (χ0n) is 11.1. The summed E-state index contributed by atoms with van der Waals surface area (Å²) in [5, 5.41) is 3.05. The molecule has 1 aromatic rings. The lowest BCUT2D eigenvalue weighted by Gasteiger charge is -2.39. The van der Waals surface area contributed by atoms with Gasteiger partial charge in [0.05, 0.1) is 10.7 Å². The molecular weight excluding hydrogens is 264 g/mol. The summed E-state index contributed by atoms with van der Waals surface area (Å²) in [5.74, 6) is -0.553. The summed E-state index contributed by atoms with van der Waals surface area (Å²) in [4.78, 5) is 31.0. The molecule has 0 aromatic carbocycles. The quantitative estimate of drug-likeness (QED) is 0.844. The summed E-state index contributed by atoms with van der Waals surface area (Å²) in [5.41, 5.74) is 6.38. The van der Waals surface area contributed by atoms with Crippen molar-refractivity contribution in [2.45, 2.75) is 26.4 Å². The van der Waals surface area contributed by atoms with Crippen molar-refractivity contribution in [1.82, 2.24) is 14.8 Å². The fourth-order valence-electron chi connectivity index (χ4n) is 2.31. The molecule has 1 aliphatic heterocycles. The molecule has 2 amide bonds. The van der Waals surface area contributed by atoms with E-state index in [-0.39, 0.29) is 5.91 Å². The zero-order valence-corrected chi connectivity index (χ0v) is 11.9. The third-order valence-corrected chi connectivity index (χ3v) is 4.07. The number of nitrogens with zero attached hydrogens (tertiary/aromatic N) is 3. The van der Waals surface area contributed by atoms with Crippen LogP contribution in [0.4, 0.5) is 0 Å². The summed E-state index contributed by atoms with van der Waals surface area (Å²) in [6.07, 6.45) is 0. The number of piperazine rings is 1. The second kappa shape index (κ2) is 5.66. The Morgan fingerprint density at radius 3 is 2.79 bits per heavy atom. The molecule has 7 heteroatoms. The van der Waals surface area contributed by atoms with Crippen LogP contribution in [0.2, 0.25) is 0 Å². The predicted molar refractivity (Wildman–Crippen MR) is 72.5 cm³/mol. The predicted octanol–water partition coefficient (Wildman–Crippen LogP) is -0.0305. The highest BCUT2D eigenvalue weighted by Crippen LogP contribution is 2.15. The third-order valence-electron chi connectivity index (χ3n) is 3.25. The van der Waals surface area contributed by atoms with Crippen LogP contribution in [0.1, 0.15) is 17.6 Å². The first kappa shape index (κ1) is 14.0. The molecule has 0 aliphatic carbocycles. The second-order valence-electron chi connectivity index (χ2n) is 4.72. The van der Waals surface area contributed by atoms with Crippen molar-refractivity contribution in [3.63, 3.8) is 0 Å². The molecule has 2 rings (SSSR count). The van der Waals surface area contributed by atoms with Gasteiger partial charge in [0, 0.05) is 38.5 Å². The van der Waals surface area contributed by atoms with E-state index in [9.17, 15) is 9.59 Å². The minimum atomic E-state index is -0.536. The van der Waals surface area contributed by atoms with Crippen LogP contribution in [0.5, 0.6) is 0 Å². The van der Waals surface area contributed by atoms with Gasteiger partial charge < -0.3 is 10.6 Å². The molecule has 0 radical (unpaired) electrons. The van der Waals surface area contributed by atoms with Crippen LogP contribution in [-0.2, 0) is 16.1 Å². The number of primary amides is 1. The minimum Gasteiger partial charge on any atom is -0.368 e. The van der Waals surface area contributed by atoms with E-state index in [1.54, 1.807) is 16.2 Å². The highest BCUT2D eigenvalue weighted by molar-refractivity contribution is 7.09. The van der Waals surface area contributed by atoms with Crippen LogP contribution in [0, 0.1) is 6.92 Å². The van der Waals surface area contributed by atoms with Gasteiger partial charge in [-0.3, -0.25) is 14.5 Å². The monoisotopic (exact) mass is 282 g/mol. The molecule has 6 nitrogen and oxygen atoms in total. The maximum absolute atomic E-state index is 11.5. The number of thiazole rings is 1. The number of amides is 2. The standard InChI is InChI=1S/C12H18N4O2S/c1-8-14-10(7-19-8)5-15-3-4-16(9(2)17)11(6-15)12(13)18/h7,11H,3-6H2,1-2H3,(H2,13,18)/t11-/m0/s1. The summed E-state index contributed by atoms with van der Waals surface area (Å²) in [7, 11) is 0. The highest BCUT2D eigenvalue weighted by Gasteiger charge is 2.32. The Morgan fingerprint density at radius 1 is 1.53 bits per heavy atom. The number of carbonyl (C=O) groups is 2. The normalized spacial score (nSPS) is 20.5. The molecule has 2 heterocycles. The number of hydrogen-bond acceptors (Lipinski definition) is 5. The summed E-state index contributed by atoms with van der Waals surface area (Å²) in [6.45, 7) is 5.88. The van der Waals surface area contributed by atoms with E-state index in [1.807, 2.05) is 12.3 Å². The van der Waals surface area contributed by atoms with Crippen molar-refractivity contribution in [1.29, 1.82) is 0 Å². The molecule has 0 spiro atoms. The third kappa shape index (κ3) is 3.30. The smallest absolute Gasteiger partial charge is 0.241 e. The van der Waals surface area contributed by atoms with Crippen LogP contribution >= 0.6 is 11.3 Å². The average Bonchev–Trinajstić information content (AvgIpc) is 2.74. The molecule has 1 aliphatic rings. The van der Waals surface area contributed by atoms with Gasteiger partial charge in [-0.1, -0.05) is 0 Å². The number of aryl methyl sites for hydroxylation is 1. The maximum Gasteiger partial charge on any atom is 0.241 e. The lowest BCUT2D eigenvalue weighted by Crippen LogP contribution is -2.59. The first-order valence-electron chi connectivity index (χ1n) is 6.17. The van der Waals surface area contributed by atoms with Crippen molar-refractivity contribution in [2.75, 3.05) is 19.6 Å². The lowest BCUT2D eigenvalue weighted by atomic mass is 10.1. The Hall–Kier alpha value is -1.47. The number of rotatable bonds is 3. The van der Waals surface area contributed by atoms with Crippen LogP contribution in [-0.4, -0.2) is 52.3 Å². The molecule has 104 valence electrons.